The van der Waals surface area contributed by atoms with E-state index in [-0.39, 0.29) is 11.9 Å². The van der Waals surface area contributed by atoms with Crippen molar-refractivity contribution >= 4 is 17.2 Å². The van der Waals surface area contributed by atoms with Crippen LogP contribution in [-0.2, 0) is 11.2 Å². The lowest BCUT2D eigenvalue weighted by atomic mass is 10.1. The summed E-state index contributed by atoms with van der Waals surface area (Å²) in [6.07, 6.45) is 0.329. The Kier molecular flexibility index (Phi) is 5.29. The van der Waals surface area contributed by atoms with Gasteiger partial charge in [0.1, 0.15) is 5.01 Å². The first-order valence-electron chi connectivity index (χ1n) is 8.36. The van der Waals surface area contributed by atoms with Crippen LogP contribution in [0.1, 0.15) is 29.8 Å². The maximum atomic E-state index is 12.6. The number of nitrogens with zero attached hydrogens (tertiary/aromatic N) is 2. The fraction of sp³-hybridized carbons (Fsp3) is 0.238. The van der Waals surface area contributed by atoms with Crippen molar-refractivity contribution in [3.8, 4) is 10.6 Å². The number of aryl methyl sites for hydroxylation is 1. The fourth-order valence-electron chi connectivity index (χ4n) is 2.75. The van der Waals surface area contributed by atoms with Gasteiger partial charge in [0.05, 0.1) is 18.2 Å². The molecule has 1 unspecified atom stereocenters. The Hall–Kier alpha value is -2.46. The number of likely N-dealkylation sites (N-methyl/N-ethyl adjacent to an activating group) is 1. The van der Waals surface area contributed by atoms with Crippen molar-refractivity contribution in [2.24, 2.45) is 0 Å². The third-order valence-electron chi connectivity index (χ3n) is 4.41. The lowest BCUT2D eigenvalue weighted by Crippen LogP contribution is -2.31. The molecule has 128 valence electrons. The van der Waals surface area contributed by atoms with Crippen molar-refractivity contribution in [2.75, 3.05) is 7.05 Å². The van der Waals surface area contributed by atoms with Crippen LogP contribution in [0.25, 0.3) is 10.6 Å². The summed E-state index contributed by atoms with van der Waals surface area (Å²) in [5, 5.41) is 2.95. The van der Waals surface area contributed by atoms with Crippen LogP contribution in [0, 0.1) is 6.92 Å². The Morgan fingerprint density at radius 2 is 1.92 bits per heavy atom. The van der Waals surface area contributed by atoms with Crippen LogP contribution in [0.15, 0.2) is 60.0 Å². The second-order valence-electron chi connectivity index (χ2n) is 6.28. The molecule has 0 saturated heterocycles. The van der Waals surface area contributed by atoms with E-state index >= 15 is 0 Å². The first kappa shape index (κ1) is 17.4. The van der Waals surface area contributed by atoms with Crippen LogP contribution in [0.2, 0.25) is 0 Å². The first-order chi connectivity index (χ1) is 12.0. The molecule has 25 heavy (non-hydrogen) atoms. The number of rotatable bonds is 5. The summed E-state index contributed by atoms with van der Waals surface area (Å²) < 4.78 is 0. The second kappa shape index (κ2) is 7.62. The summed E-state index contributed by atoms with van der Waals surface area (Å²) in [5.74, 6) is 0.0810. The molecular formula is C21H22N2OS. The third kappa shape index (κ3) is 4.15. The number of carbonyl (C=O) groups is 1. The van der Waals surface area contributed by atoms with Crippen LogP contribution < -0.4 is 0 Å². The van der Waals surface area contributed by atoms with E-state index in [4.69, 9.17) is 0 Å². The van der Waals surface area contributed by atoms with Crippen LogP contribution in [0.5, 0.6) is 0 Å². The minimum Gasteiger partial charge on any atom is -0.339 e. The van der Waals surface area contributed by atoms with Gasteiger partial charge in [0.15, 0.2) is 0 Å². The maximum absolute atomic E-state index is 12.6. The molecule has 0 aliphatic heterocycles. The molecule has 0 radical (unpaired) electrons. The SMILES string of the molecule is Cc1cccc(-c2nc(CC(=O)N(C)C(C)c3ccccc3)cs2)c1. The van der Waals surface area contributed by atoms with Gasteiger partial charge in [0, 0.05) is 18.0 Å². The molecule has 0 saturated carbocycles. The van der Waals surface area contributed by atoms with Gasteiger partial charge in [0.2, 0.25) is 5.91 Å². The van der Waals surface area contributed by atoms with E-state index in [2.05, 4.69) is 30.1 Å². The van der Waals surface area contributed by atoms with Gasteiger partial charge in [-0.15, -0.1) is 11.3 Å². The number of hydrogen-bond acceptors (Lipinski definition) is 3. The average Bonchev–Trinajstić information content (AvgIpc) is 3.09. The molecule has 0 fully saturated rings. The number of aromatic nitrogens is 1. The Morgan fingerprint density at radius 1 is 1.16 bits per heavy atom. The highest BCUT2D eigenvalue weighted by molar-refractivity contribution is 7.13. The molecular weight excluding hydrogens is 328 g/mol. The van der Waals surface area contributed by atoms with Gasteiger partial charge in [0.25, 0.3) is 0 Å². The van der Waals surface area contributed by atoms with Gasteiger partial charge in [-0.25, -0.2) is 4.98 Å². The van der Waals surface area contributed by atoms with E-state index in [1.54, 1.807) is 16.2 Å². The van der Waals surface area contributed by atoms with Crippen molar-refractivity contribution in [2.45, 2.75) is 26.3 Å². The highest BCUT2D eigenvalue weighted by atomic mass is 32.1. The van der Waals surface area contributed by atoms with E-state index in [9.17, 15) is 4.79 Å². The summed E-state index contributed by atoms with van der Waals surface area (Å²) >= 11 is 1.59. The lowest BCUT2D eigenvalue weighted by Gasteiger charge is -2.25. The molecule has 0 aliphatic carbocycles. The monoisotopic (exact) mass is 350 g/mol. The number of carbonyl (C=O) groups excluding carboxylic acids is 1. The summed E-state index contributed by atoms with van der Waals surface area (Å²) in [6, 6.07) is 18.4. The lowest BCUT2D eigenvalue weighted by molar-refractivity contribution is -0.131. The van der Waals surface area contributed by atoms with Crippen molar-refractivity contribution in [3.05, 3.63) is 76.8 Å². The second-order valence-corrected chi connectivity index (χ2v) is 7.14. The smallest absolute Gasteiger partial charge is 0.228 e. The zero-order chi connectivity index (χ0) is 17.8. The normalized spacial score (nSPS) is 12.0. The highest BCUT2D eigenvalue weighted by Gasteiger charge is 2.18. The molecule has 1 atom stereocenters. The predicted molar refractivity (Wildman–Crippen MR) is 104 cm³/mol. The molecule has 1 aromatic heterocycles. The van der Waals surface area contributed by atoms with Crippen molar-refractivity contribution < 1.29 is 4.79 Å². The van der Waals surface area contributed by atoms with Crippen LogP contribution >= 0.6 is 11.3 Å². The maximum Gasteiger partial charge on any atom is 0.228 e. The molecule has 3 rings (SSSR count). The molecule has 1 heterocycles. The van der Waals surface area contributed by atoms with Crippen molar-refractivity contribution in [3.63, 3.8) is 0 Å². The summed E-state index contributed by atoms with van der Waals surface area (Å²) in [5.41, 5.74) is 4.28. The Labute approximate surface area is 153 Å². The van der Waals surface area contributed by atoms with Gasteiger partial charge >= 0.3 is 0 Å². The van der Waals surface area contributed by atoms with Gasteiger partial charge < -0.3 is 4.90 Å². The summed E-state index contributed by atoms with van der Waals surface area (Å²) in [4.78, 5) is 19.1. The first-order valence-corrected chi connectivity index (χ1v) is 9.24. The molecule has 4 heteroatoms. The Bertz CT molecular complexity index is 857. The van der Waals surface area contributed by atoms with Crippen molar-refractivity contribution in [1.29, 1.82) is 0 Å². The van der Waals surface area contributed by atoms with E-state index < -0.39 is 0 Å². The average molecular weight is 350 g/mol. The third-order valence-corrected chi connectivity index (χ3v) is 5.35. The van der Waals surface area contributed by atoms with Crippen LogP contribution in [0.4, 0.5) is 0 Å². The molecule has 1 amide bonds. The highest BCUT2D eigenvalue weighted by Crippen LogP contribution is 2.25. The topological polar surface area (TPSA) is 33.2 Å². The van der Waals surface area contributed by atoms with Gasteiger partial charge in [-0.1, -0.05) is 54.1 Å². The zero-order valence-corrected chi connectivity index (χ0v) is 15.6. The minimum atomic E-state index is 0.0450. The minimum absolute atomic E-state index is 0.0450. The summed E-state index contributed by atoms with van der Waals surface area (Å²) in [7, 11) is 1.85. The van der Waals surface area contributed by atoms with E-state index in [1.807, 2.05) is 55.7 Å². The predicted octanol–water partition coefficient (Wildman–Crippen LogP) is 4.88. The standard InChI is InChI=1S/C21H22N2OS/c1-15-8-7-11-18(12-15)21-22-19(14-25-21)13-20(24)23(3)16(2)17-9-5-4-6-10-17/h4-12,14,16H,13H2,1-3H3. The zero-order valence-electron chi connectivity index (χ0n) is 14.8. The summed E-state index contributed by atoms with van der Waals surface area (Å²) in [6.45, 7) is 4.12. The van der Waals surface area contributed by atoms with E-state index in [0.29, 0.717) is 6.42 Å². The molecule has 0 spiro atoms. The molecule has 0 aliphatic rings. The quantitative estimate of drug-likeness (QED) is 0.657. The molecule has 3 nitrogen and oxygen atoms in total. The molecule has 0 bridgehead atoms. The number of benzene rings is 2. The number of hydrogen-bond donors (Lipinski definition) is 0. The van der Waals surface area contributed by atoms with Crippen LogP contribution in [-0.4, -0.2) is 22.8 Å². The molecule has 0 N–H and O–H groups in total. The van der Waals surface area contributed by atoms with Crippen molar-refractivity contribution in [1.82, 2.24) is 9.88 Å². The number of thiazole rings is 1. The van der Waals surface area contributed by atoms with Crippen LogP contribution in [0.3, 0.4) is 0 Å². The van der Waals surface area contributed by atoms with E-state index in [0.717, 1.165) is 21.8 Å². The van der Waals surface area contributed by atoms with Gasteiger partial charge in [-0.05, 0) is 25.5 Å². The Balaban J connectivity index is 1.69. The molecule has 3 aromatic rings. The Morgan fingerprint density at radius 3 is 2.64 bits per heavy atom. The molecule has 2 aromatic carbocycles. The van der Waals surface area contributed by atoms with Gasteiger partial charge in [-0.2, -0.15) is 0 Å². The van der Waals surface area contributed by atoms with E-state index in [1.165, 1.54) is 5.56 Å². The van der Waals surface area contributed by atoms with Gasteiger partial charge in [-0.3, -0.25) is 4.79 Å². The fourth-order valence-corrected chi connectivity index (χ4v) is 3.57. The largest absolute Gasteiger partial charge is 0.339 e. The number of amides is 1.